The first kappa shape index (κ1) is 21.5. The normalized spacial score (nSPS) is 13.0. The Morgan fingerprint density at radius 3 is 2.75 bits per heavy atom. The molecule has 4 rings (SSSR count). The Balaban J connectivity index is 1.63. The molecule has 0 spiro atoms. The first-order valence-corrected chi connectivity index (χ1v) is 10.4. The lowest BCUT2D eigenvalue weighted by Gasteiger charge is -2.29. The van der Waals surface area contributed by atoms with Crippen molar-refractivity contribution in [2.75, 3.05) is 25.6 Å². The molecule has 0 saturated carbocycles. The van der Waals surface area contributed by atoms with Crippen molar-refractivity contribution in [3.05, 3.63) is 87.9 Å². The predicted molar refractivity (Wildman–Crippen MR) is 120 cm³/mol. The van der Waals surface area contributed by atoms with Crippen molar-refractivity contribution in [2.45, 2.75) is 19.8 Å². The molecule has 1 aliphatic rings. The summed E-state index contributed by atoms with van der Waals surface area (Å²) in [4.78, 5) is 31.0. The molecule has 7 heteroatoms. The molecule has 0 aliphatic carbocycles. The van der Waals surface area contributed by atoms with E-state index in [1.807, 2.05) is 19.1 Å². The molecule has 2 aromatic carbocycles. The molecule has 0 saturated heterocycles. The van der Waals surface area contributed by atoms with Gasteiger partial charge in [-0.25, -0.2) is 9.37 Å². The van der Waals surface area contributed by atoms with Gasteiger partial charge in [0.1, 0.15) is 17.4 Å². The van der Waals surface area contributed by atoms with Crippen molar-refractivity contribution in [3.63, 3.8) is 0 Å². The highest BCUT2D eigenvalue weighted by molar-refractivity contribution is 6.08. The fraction of sp³-hybridized carbons (Fsp3) is 0.240. The van der Waals surface area contributed by atoms with Gasteiger partial charge in [-0.1, -0.05) is 12.1 Å². The topological polar surface area (TPSA) is 71.5 Å². The number of fused-ring (bicyclic) bond motifs is 1. The maximum absolute atomic E-state index is 14.4. The monoisotopic (exact) mass is 433 g/mol. The zero-order valence-electron chi connectivity index (χ0n) is 18.2. The van der Waals surface area contributed by atoms with Crippen LogP contribution in [0.1, 0.15) is 43.0 Å². The Kier molecular flexibility index (Phi) is 5.90. The largest absolute Gasteiger partial charge is 0.497 e. The smallest absolute Gasteiger partial charge is 0.259 e. The van der Waals surface area contributed by atoms with Gasteiger partial charge in [0.2, 0.25) is 0 Å². The second-order valence-corrected chi connectivity index (χ2v) is 7.77. The number of hydrogen-bond donors (Lipinski definition) is 1. The number of aromatic nitrogens is 1. The van der Waals surface area contributed by atoms with Crippen molar-refractivity contribution in [2.24, 2.45) is 0 Å². The number of hydrogen-bond acceptors (Lipinski definition) is 4. The Morgan fingerprint density at radius 2 is 2.03 bits per heavy atom. The van der Waals surface area contributed by atoms with Crippen LogP contribution in [0.15, 0.2) is 48.7 Å². The Bertz CT molecular complexity index is 1210. The second-order valence-electron chi connectivity index (χ2n) is 7.77. The summed E-state index contributed by atoms with van der Waals surface area (Å²) in [6.45, 7) is 2.53. The van der Waals surface area contributed by atoms with Crippen molar-refractivity contribution >= 4 is 17.6 Å². The number of benzene rings is 2. The van der Waals surface area contributed by atoms with Crippen LogP contribution in [-0.2, 0) is 12.8 Å². The zero-order valence-corrected chi connectivity index (χ0v) is 18.2. The SMILES string of the molecule is CNC(=O)c1ccc(Cc2cc3c(cc2C)CCN(c2cc(OC)ccn2)C3=O)cc1F. The number of aryl methyl sites for hydroxylation is 1. The third-order valence-electron chi connectivity index (χ3n) is 5.77. The summed E-state index contributed by atoms with van der Waals surface area (Å²) in [5, 5.41) is 2.43. The van der Waals surface area contributed by atoms with Crippen molar-refractivity contribution in [1.82, 2.24) is 10.3 Å². The van der Waals surface area contributed by atoms with Gasteiger partial charge in [-0.3, -0.25) is 14.5 Å². The van der Waals surface area contributed by atoms with Crippen LogP contribution < -0.4 is 15.0 Å². The van der Waals surface area contributed by atoms with E-state index in [0.29, 0.717) is 30.1 Å². The van der Waals surface area contributed by atoms with Crippen LogP contribution in [0.2, 0.25) is 0 Å². The number of methoxy groups -OCH3 is 1. The van der Waals surface area contributed by atoms with Gasteiger partial charge in [0.25, 0.3) is 11.8 Å². The fourth-order valence-electron chi connectivity index (χ4n) is 3.99. The summed E-state index contributed by atoms with van der Waals surface area (Å²) in [5.74, 6) is 0.0449. The van der Waals surface area contributed by atoms with Gasteiger partial charge in [-0.05, 0) is 66.3 Å². The minimum Gasteiger partial charge on any atom is -0.497 e. The number of nitrogens with zero attached hydrogens (tertiary/aromatic N) is 2. The molecule has 3 aromatic rings. The van der Waals surface area contributed by atoms with E-state index in [-0.39, 0.29) is 11.5 Å². The number of halogens is 1. The fourth-order valence-corrected chi connectivity index (χ4v) is 3.99. The second kappa shape index (κ2) is 8.78. The van der Waals surface area contributed by atoms with Crippen molar-refractivity contribution in [3.8, 4) is 5.75 Å². The molecule has 0 bridgehead atoms. The van der Waals surface area contributed by atoms with E-state index in [2.05, 4.69) is 10.3 Å². The summed E-state index contributed by atoms with van der Waals surface area (Å²) in [5.41, 5.74) is 4.34. The maximum atomic E-state index is 14.4. The number of amides is 2. The van der Waals surface area contributed by atoms with Gasteiger partial charge >= 0.3 is 0 Å². The van der Waals surface area contributed by atoms with Crippen LogP contribution in [0, 0.1) is 12.7 Å². The summed E-state index contributed by atoms with van der Waals surface area (Å²) in [6.07, 6.45) is 2.79. The molecule has 2 heterocycles. The van der Waals surface area contributed by atoms with Gasteiger partial charge in [0.05, 0.1) is 12.7 Å². The van der Waals surface area contributed by atoms with Crippen LogP contribution in [0.4, 0.5) is 10.2 Å². The molecular weight excluding hydrogens is 409 g/mol. The first-order valence-electron chi connectivity index (χ1n) is 10.4. The van der Waals surface area contributed by atoms with Crippen LogP contribution >= 0.6 is 0 Å². The lowest BCUT2D eigenvalue weighted by molar-refractivity contribution is 0.0956. The lowest BCUT2D eigenvalue weighted by atomic mass is 9.90. The Hall–Kier alpha value is -3.74. The number of carbonyl (C=O) groups excluding carboxylic acids is 2. The van der Waals surface area contributed by atoms with Crippen LogP contribution in [0.5, 0.6) is 5.75 Å². The summed E-state index contributed by atoms with van der Waals surface area (Å²) in [6, 6.07) is 12.0. The van der Waals surface area contributed by atoms with E-state index in [4.69, 9.17) is 4.74 Å². The number of anilines is 1. The first-order chi connectivity index (χ1) is 15.4. The van der Waals surface area contributed by atoms with Crippen molar-refractivity contribution in [1.29, 1.82) is 0 Å². The quantitative estimate of drug-likeness (QED) is 0.666. The van der Waals surface area contributed by atoms with E-state index in [1.165, 1.54) is 19.2 Å². The van der Waals surface area contributed by atoms with Crippen LogP contribution in [-0.4, -0.2) is 37.5 Å². The third-order valence-corrected chi connectivity index (χ3v) is 5.77. The van der Waals surface area contributed by atoms with E-state index < -0.39 is 11.7 Å². The maximum Gasteiger partial charge on any atom is 0.259 e. The molecule has 164 valence electrons. The molecule has 1 aromatic heterocycles. The van der Waals surface area contributed by atoms with E-state index in [0.717, 1.165) is 28.7 Å². The van der Waals surface area contributed by atoms with Gasteiger partial charge < -0.3 is 10.1 Å². The number of carbonyl (C=O) groups is 2. The van der Waals surface area contributed by atoms with Gasteiger partial charge in [0, 0.05) is 31.4 Å². The minimum atomic E-state index is -0.566. The van der Waals surface area contributed by atoms with E-state index in [9.17, 15) is 14.0 Å². The average molecular weight is 433 g/mol. The Morgan fingerprint density at radius 1 is 1.22 bits per heavy atom. The minimum absolute atomic E-state index is 0.00928. The van der Waals surface area contributed by atoms with Gasteiger partial charge in [0.15, 0.2) is 0 Å². The number of ether oxygens (including phenoxy) is 1. The summed E-state index contributed by atoms with van der Waals surface area (Å²) < 4.78 is 19.6. The summed E-state index contributed by atoms with van der Waals surface area (Å²) >= 11 is 0. The molecule has 0 fully saturated rings. The molecule has 1 aliphatic heterocycles. The van der Waals surface area contributed by atoms with Gasteiger partial charge in [-0.2, -0.15) is 0 Å². The van der Waals surface area contributed by atoms with Crippen LogP contribution in [0.25, 0.3) is 0 Å². The van der Waals surface area contributed by atoms with Crippen LogP contribution in [0.3, 0.4) is 0 Å². The highest BCUT2D eigenvalue weighted by Crippen LogP contribution is 2.28. The number of rotatable bonds is 5. The third kappa shape index (κ3) is 4.06. The highest BCUT2D eigenvalue weighted by atomic mass is 19.1. The summed E-state index contributed by atoms with van der Waals surface area (Å²) in [7, 11) is 3.04. The predicted octanol–water partition coefficient (Wildman–Crippen LogP) is 3.69. The Labute approximate surface area is 186 Å². The zero-order chi connectivity index (χ0) is 22.8. The molecule has 0 atom stereocenters. The average Bonchev–Trinajstić information content (AvgIpc) is 2.80. The van der Waals surface area contributed by atoms with E-state index in [1.54, 1.807) is 36.4 Å². The molecule has 32 heavy (non-hydrogen) atoms. The molecule has 1 N–H and O–H groups in total. The van der Waals surface area contributed by atoms with E-state index >= 15 is 0 Å². The molecular formula is C25H24FN3O3. The number of nitrogens with one attached hydrogen (secondary N) is 1. The molecule has 6 nitrogen and oxygen atoms in total. The number of pyridine rings is 1. The highest BCUT2D eigenvalue weighted by Gasteiger charge is 2.27. The van der Waals surface area contributed by atoms with Gasteiger partial charge in [-0.15, -0.1) is 0 Å². The molecule has 0 unspecified atom stereocenters. The standard InChI is InChI=1S/C25H24FN3O3/c1-15-10-17-7-9-29(23-14-19(32-3)6-8-28-23)25(31)21(17)13-18(15)11-16-4-5-20(22(26)12-16)24(30)27-2/h4-6,8,10,12-14H,7,9,11H2,1-3H3,(H,27,30). The molecule has 0 radical (unpaired) electrons. The molecule has 2 amide bonds. The lowest BCUT2D eigenvalue weighted by Crippen LogP contribution is -2.38. The van der Waals surface area contributed by atoms with Crippen molar-refractivity contribution < 1.29 is 18.7 Å².